The molecule has 0 spiro atoms. The number of aromatic nitrogens is 6. The van der Waals surface area contributed by atoms with Crippen molar-refractivity contribution >= 4 is 0 Å². The quantitative estimate of drug-likeness (QED) is 0.366. The van der Waals surface area contributed by atoms with E-state index in [1.165, 1.54) is 12.5 Å². The first-order valence-corrected chi connectivity index (χ1v) is 11.6. The van der Waals surface area contributed by atoms with Crippen LogP contribution in [0.5, 0.6) is 0 Å². The van der Waals surface area contributed by atoms with Gasteiger partial charge in [0.05, 0.1) is 24.9 Å². The topological polar surface area (TPSA) is 152 Å². The van der Waals surface area contributed by atoms with Crippen LogP contribution in [0.4, 0.5) is 13.2 Å². The summed E-state index contributed by atoms with van der Waals surface area (Å²) in [5.41, 5.74) is -0.140. The highest BCUT2D eigenvalue weighted by atomic mass is 19.2. The van der Waals surface area contributed by atoms with E-state index in [0.717, 1.165) is 29.7 Å². The molecule has 1 saturated carbocycles. The Kier molecular flexibility index (Phi) is 6.78. The van der Waals surface area contributed by atoms with Gasteiger partial charge in [0.2, 0.25) is 0 Å². The van der Waals surface area contributed by atoms with Crippen molar-refractivity contribution in [3.63, 3.8) is 0 Å². The zero-order chi connectivity index (χ0) is 25.6. The number of halogens is 3. The first-order valence-electron chi connectivity index (χ1n) is 11.6. The van der Waals surface area contributed by atoms with Crippen molar-refractivity contribution in [3.8, 4) is 11.3 Å². The molecule has 5 rings (SSSR count). The molecule has 3 aromatic rings. The predicted octanol–water partition coefficient (Wildman–Crippen LogP) is 0.825. The molecule has 7 atom stereocenters. The van der Waals surface area contributed by atoms with Crippen molar-refractivity contribution in [2.45, 2.75) is 68.3 Å². The molecule has 0 bridgehead atoms. The molecule has 14 heteroatoms. The second-order valence-corrected chi connectivity index (χ2v) is 9.10. The van der Waals surface area contributed by atoms with Crippen LogP contribution < -0.4 is 0 Å². The van der Waals surface area contributed by atoms with Gasteiger partial charge in [0.1, 0.15) is 42.5 Å². The second kappa shape index (κ2) is 9.86. The summed E-state index contributed by atoms with van der Waals surface area (Å²) in [4.78, 5) is 0. The van der Waals surface area contributed by atoms with Crippen LogP contribution in [-0.4, -0.2) is 81.2 Å². The number of hydrogen-bond donors (Lipinski definition) is 4. The number of aliphatic hydroxyl groups excluding tert-OH is 4. The molecule has 3 heterocycles. The third-order valence-corrected chi connectivity index (χ3v) is 6.89. The van der Waals surface area contributed by atoms with Gasteiger partial charge in [-0.3, -0.25) is 0 Å². The molecule has 0 amide bonds. The largest absolute Gasteiger partial charge is 0.394 e. The summed E-state index contributed by atoms with van der Waals surface area (Å²) in [6.07, 6.45) is -0.172. The van der Waals surface area contributed by atoms with Crippen molar-refractivity contribution in [2.75, 3.05) is 6.61 Å². The van der Waals surface area contributed by atoms with Gasteiger partial charge in [-0.2, -0.15) is 0 Å². The molecular weight excluding hydrogens is 485 g/mol. The van der Waals surface area contributed by atoms with Crippen molar-refractivity contribution in [1.29, 1.82) is 0 Å². The molecule has 36 heavy (non-hydrogen) atoms. The van der Waals surface area contributed by atoms with Crippen molar-refractivity contribution in [3.05, 3.63) is 47.9 Å². The third kappa shape index (κ3) is 4.28. The number of aliphatic hydroxyl groups is 4. The summed E-state index contributed by atoms with van der Waals surface area (Å²) in [6.45, 7) is -0.600. The van der Waals surface area contributed by atoms with Gasteiger partial charge in [-0.1, -0.05) is 18.1 Å². The van der Waals surface area contributed by atoms with Gasteiger partial charge < -0.3 is 29.7 Å². The fourth-order valence-electron chi connectivity index (χ4n) is 5.01. The lowest BCUT2D eigenvalue weighted by atomic mass is 9.90. The third-order valence-electron chi connectivity index (χ3n) is 6.89. The summed E-state index contributed by atoms with van der Waals surface area (Å²) in [7, 11) is 0. The lowest BCUT2D eigenvalue weighted by Gasteiger charge is -2.42. The van der Waals surface area contributed by atoms with E-state index < -0.39 is 60.6 Å². The van der Waals surface area contributed by atoms with Gasteiger partial charge in [-0.25, -0.2) is 17.9 Å². The smallest absolute Gasteiger partial charge is 0.194 e. The van der Waals surface area contributed by atoms with Crippen molar-refractivity contribution < 1.29 is 38.3 Å². The van der Waals surface area contributed by atoms with Crippen molar-refractivity contribution in [2.24, 2.45) is 0 Å². The highest BCUT2D eigenvalue weighted by molar-refractivity contribution is 5.57. The molecule has 1 aromatic carbocycles. The zero-order valence-corrected chi connectivity index (χ0v) is 18.9. The number of hydrogen-bond acceptors (Lipinski definition) is 9. The van der Waals surface area contributed by atoms with E-state index in [0.29, 0.717) is 12.8 Å². The highest BCUT2D eigenvalue weighted by Crippen LogP contribution is 2.40. The van der Waals surface area contributed by atoms with Gasteiger partial charge in [0, 0.05) is 5.56 Å². The van der Waals surface area contributed by atoms with Crippen LogP contribution in [0, 0.1) is 17.5 Å². The van der Waals surface area contributed by atoms with E-state index in [-0.39, 0.29) is 23.1 Å². The summed E-state index contributed by atoms with van der Waals surface area (Å²) in [5.74, 6) is -4.24. The molecule has 4 N–H and O–H groups in total. The molecule has 0 radical (unpaired) electrons. The standard InChI is InChI=1S/C22H25F3N6O5/c23-11-5-10(6-12(24)17(11)25)13-7-31(29-27-13)18-19(34)16(8-32)36-21(20(18)35)22-28-26-9-30(22)14-3-1-2-4-15(14)33/h5-7,9,14-16,18-21,32-35H,1-4,8H2/t14-,15-,16-,18+,19+,20-,21-/m1/s1. The van der Waals surface area contributed by atoms with E-state index in [2.05, 4.69) is 20.5 Å². The Balaban J connectivity index is 1.48. The molecule has 11 nitrogen and oxygen atoms in total. The van der Waals surface area contributed by atoms with Gasteiger partial charge in [-0.15, -0.1) is 15.3 Å². The van der Waals surface area contributed by atoms with Crippen LogP contribution in [0.1, 0.15) is 49.7 Å². The molecule has 1 aliphatic heterocycles. The molecule has 1 saturated heterocycles. The maximum atomic E-state index is 13.7. The van der Waals surface area contributed by atoms with Gasteiger partial charge >= 0.3 is 0 Å². The van der Waals surface area contributed by atoms with Gasteiger partial charge in [0.25, 0.3) is 0 Å². The Hall–Kier alpha value is -2.91. The molecular formula is C22H25F3N6O5. The fourth-order valence-corrected chi connectivity index (χ4v) is 5.01. The summed E-state index contributed by atoms with van der Waals surface area (Å²) in [6, 6.07) is -0.0423. The maximum absolute atomic E-state index is 13.7. The Morgan fingerprint density at radius 2 is 1.72 bits per heavy atom. The van der Waals surface area contributed by atoms with Crippen LogP contribution in [0.25, 0.3) is 11.3 Å². The predicted molar refractivity (Wildman–Crippen MR) is 115 cm³/mol. The van der Waals surface area contributed by atoms with Crippen LogP contribution in [0.3, 0.4) is 0 Å². The lowest BCUT2D eigenvalue weighted by molar-refractivity contribution is -0.211. The lowest BCUT2D eigenvalue weighted by Crippen LogP contribution is -2.53. The average molecular weight is 510 g/mol. The molecule has 2 fully saturated rings. The van der Waals surface area contributed by atoms with Gasteiger partial charge in [0.15, 0.2) is 23.3 Å². The Morgan fingerprint density at radius 3 is 2.42 bits per heavy atom. The Morgan fingerprint density at radius 1 is 1.00 bits per heavy atom. The second-order valence-electron chi connectivity index (χ2n) is 9.10. The maximum Gasteiger partial charge on any atom is 0.194 e. The van der Waals surface area contributed by atoms with Crippen molar-refractivity contribution in [1.82, 2.24) is 29.8 Å². The van der Waals surface area contributed by atoms with Crippen LogP contribution in [0.15, 0.2) is 24.7 Å². The minimum Gasteiger partial charge on any atom is -0.394 e. The Bertz CT molecular complexity index is 1200. The fraction of sp³-hybridized carbons (Fsp3) is 0.545. The molecule has 2 aromatic heterocycles. The van der Waals surface area contributed by atoms with E-state index in [4.69, 9.17) is 4.74 Å². The van der Waals surface area contributed by atoms with Gasteiger partial charge in [-0.05, 0) is 25.0 Å². The number of ether oxygens (including phenoxy) is 1. The van der Waals surface area contributed by atoms with E-state index >= 15 is 0 Å². The molecule has 1 aliphatic carbocycles. The van der Waals surface area contributed by atoms with E-state index in [1.807, 2.05) is 0 Å². The normalized spacial score (nSPS) is 31.0. The first-order chi connectivity index (χ1) is 17.3. The van der Waals surface area contributed by atoms with Crippen LogP contribution in [-0.2, 0) is 4.74 Å². The molecule has 2 aliphatic rings. The molecule has 194 valence electrons. The average Bonchev–Trinajstić information content (AvgIpc) is 3.53. The van der Waals surface area contributed by atoms with E-state index in [9.17, 15) is 33.6 Å². The first kappa shape index (κ1) is 24.8. The molecule has 0 unspecified atom stereocenters. The minimum absolute atomic E-state index is 0.0377. The monoisotopic (exact) mass is 510 g/mol. The highest BCUT2D eigenvalue weighted by Gasteiger charge is 2.48. The SMILES string of the molecule is OC[C@H]1O[C@@H](c2nncn2[C@@H]2CCCC[C@H]2O)[C@H](O)[C@@H](n2cc(-c3cc(F)c(F)c(F)c3)nn2)[C@H]1O. The zero-order valence-electron chi connectivity index (χ0n) is 18.9. The number of rotatable bonds is 5. The summed E-state index contributed by atoms with van der Waals surface area (Å²) >= 11 is 0. The summed E-state index contributed by atoms with van der Waals surface area (Å²) < 4.78 is 49.3. The van der Waals surface area contributed by atoms with E-state index in [1.54, 1.807) is 4.57 Å². The number of benzene rings is 1. The number of nitrogens with zero attached hydrogens (tertiary/aromatic N) is 6. The minimum atomic E-state index is -1.62. The summed E-state index contributed by atoms with van der Waals surface area (Å²) in [5, 5.41) is 58.2. The van der Waals surface area contributed by atoms with Crippen LogP contribution >= 0.6 is 0 Å². The Labute approximate surface area is 202 Å². The van der Waals surface area contributed by atoms with Crippen LogP contribution in [0.2, 0.25) is 0 Å².